The van der Waals surface area contributed by atoms with Crippen LogP contribution in [0.1, 0.15) is 68.6 Å². The van der Waals surface area contributed by atoms with Gasteiger partial charge in [0.05, 0.1) is 22.7 Å². The van der Waals surface area contributed by atoms with Crippen molar-refractivity contribution in [3.8, 4) is 0 Å². The molecule has 1 amide bonds. The molecule has 3 N–H and O–H groups in total. The van der Waals surface area contributed by atoms with Gasteiger partial charge in [0.15, 0.2) is 0 Å². The van der Waals surface area contributed by atoms with Crippen molar-refractivity contribution in [1.82, 2.24) is 9.55 Å². The van der Waals surface area contributed by atoms with E-state index >= 15 is 4.39 Å². The number of aromatic nitrogens is 2. The van der Waals surface area contributed by atoms with Crippen molar-refractivity contribution in [2.75, 3.05) is 0 Å². The van der Waals surface area contributed by atoms with Crippen molar-refractivity contribution in [3.63, 3.8) is 0 Å². The number of carbonyl (C=O) groups is 2. The average molecular weight is 507 g/mol. The number of aromatic carboxylic acids is 1. The number of fused-ring (bicyclic) bond motifs is 1. The second kappa shape index (κ2) is 9.27. The summed E-state index contributed by atoms with van der Waals surface area (Å²) in [5, 5.41) is 9.78. The molecule has 1 aliphatic rings. The van der Waals surface area contributed by atoms with E-state index in [-0.39, 0.29) is 46.1 Å². The minimum absolute atomic E-state index is 0.0739. The van der Waals surface area contributed by atoms with Crippen LogP contribution in [-0.2, 0) is 6.54 Å². The Balaban J connectivity index is 1.87. The molecule has 190 valence electrons. The highest BCUT2D eigenvalue weighted by Crippen LogP contribution is 2.47. The van der Waals surface area contributed by atoms with E-state index in [9.17, 15) is 23.9 Å². The summed E-state index contributed by atoms with van der Waals surface area (Å²) in [6.07, 6.45) is 5.02. The molecule has 1 saturated carbocycles. The van der Waals surface area contributed by atoms with Gasteiger partial charge in [-0.3, -0.25) is 9.59 Å². The molecule has 0 bridgehead atoms. The molecule has 4 aromatic rings. The molecule has 2 aromatic heterocycles. The summed E-state index contributed by atoms with van der Waals surface area (Å²) in [5.41, 5.74) is 4.90. The van der Waals surface area contributed by atoms with Gasteiger partial charge >= 0.3 is 5.97 Å². The number of carboxylic acids is 1. The largest absolute Gasteiger partial charge is 0.478 e. The van der Waals surface area contributed by atoms with Crippen LogP contribution in [0, 0.1) is 24.5 Å². The first-order valence-electron chi connectivity index (χ1n) is 11.8. The van der Waals surface area contributed by atoms with Crippen LogP contribution in [-0.4, -0.2) is 26.5 Å². The zero-order chi connectivity index (χ0) is 26.4. The number of amides is 1. The van der Waals surface area contributed by atoms with Crippen molar-refractivity contribution in [1.29, 1.82) is 0 Å². The molecule has 1 atom stereocenters. The number of oxazole rings is 1. The quantitative estimate of drug-likeness (QED) is 0.383. The number of halogens is 2. The van der Waals surface area contributed by atoms with Crippen LogP contribution >= 0.6 is 0 Å². The molecular formula is C27H23F2N3O5. The van der Waals surface area contributed by atoms with E-state index in [0.717, 1.165) is 36.0 Å². The van der Waals surface area contributed by atoms with Gasteiger partial charge in [0.25, 0.3) is 11.5 Å². The molecule has 2 heterocycles. The van der Waals surface area contributed by atoms with E-state index in [2.05, 4.69) is 4.98 Å². The maximum Gasteiger partial charge on any atom is 0.338 e. The summed E-state index contributed by atoms with van der Waals surface area (Å²) >= 11 is 0. The standard InChI is InChI=1S/C27H23F2N3O5/c1-13-20(27(35)36)23-16(8-9-18(29)24(23)26(34)32(13)12-19-31-10-11-37-19)21(14-4-2-5-14)15-6-3-7-17(28)22(15)25(30)33/h3,6-11,14,21H,2,4-5,12H2,1H3,(H2,30,33)(H,35,36)/t21-/m1/s1. The molecule has 1 fully saturated rings. The van der Waals surface area contributed by atoms with E-state index in [1.165, 1.54) is 31.5 Å². The van der Waals surface area contributed by atoms with Crippen molar-refractivity contribution in [2.24, 2.45) is 11.7 Å². The number of nitrogens with zero attached hydrogens (tertiary/aromatic N) is 2. The van der Waals surface area contributed by atoms with Crippen molar-refractivity contribution in [3.05, 3.63) is 98.6 Å². The molecule has 37 heavy (non-hydrogen) atoms. The molecule has 5 rings (SSSR count). The Hall–Kier alpha value is -4.34. The smallest absolute Gasteiger partial charge is 0.338 e. The number of benzene rings is 2. The molecule has 2 aromatic carbocycles. The van der Waals surface area contributed by atoms with Gasteiger partial charge in [-0.25, -0.2) is 18.6 Å². The van der Waals surface area contributed by atoms with Gasteiger partial charge in [0.1, 0.15) is 24.4 Å². The molecule has 0 unspecified atom stereocenters. The molecule has 8 nitrogen and oxygen atoms in total. The molecular weight excluding hydrogens is 484 g/mol. The summed E-state index contributed by atoms with van der Waals surface area (Å²) in [7, 11) is 0. The Morgan fingerprint density at radius 2 is 1.89 bits per heavy atom. The normalized spacial score (nSPS) is 14.5. The predicted octanol–water partition coefficient (Wildman–Crippen LogP) is 4.35. The summed E-state index contributed by atoms with van der Waals surface area (Å²) in [6.45, 7) is 1.26. The number of carboxylic acid groups (broad SMARTS) is 1. The summed E-state index contributed by atoms with van der Waals surface area (Å²) < 4.78 is 36.4. The van der Waals surface area contributed by atoms with Crippen LogP contribution in [0.25, 0.3) is 10.8 Å². The molecule has 0 aliphatic heterocycles. The van der Waals surface area contributed by atoms with Crippen molar-refractivity contribution in [2.45, 2.75) is 38.6 Å². The molecule has 1 aliphatic carbocycles. The van der Waals surface area contributed by atoms with Crippen LogP contribution in [0.15, 0.2) is 52.0 Å². The zero-order valence-electron chi connectivity index (χ0n) is 19.8. The van der Waals surface area contributed by atoms with Gasteiger partial charge in [0, 0.05) is 17.0 Å². The second-order valence-corrected chi connectivity index (χ2v) is 9.21. The Morgan fingerprint density at radius 1 is 1.14 bits per heavy atom. The average Bonchev–Trinajstić information content (AvgIpc) is 3.32. The third-order valence-electron chi connectivity index (χ3n) is 7.24. The zero-order valence-corrected chi connectivity index (χ0v) is 19.8. The molecule has 0 saturated heterocycles. The Bertz CT molecular complexity index is 1610. The number of primary amides is 1. The second-order valence-electron chi connectivity index (χ2n) is 9.21. The van der Waals surface area contributed by atoms with Crippen LogP contribution < -0.4 is 11.3 Å². The van der Waals surface area contributed by atoms with E-state index in [0.29, 0.717) is 5.56 Å². The highest BCUT2D eigenvalue weighted by molar-refractivity contribution is 6.06. The maximum absolute atomic E-state index is 15.3. The number of rotatable bonds is 7. The minimum Gasteiger partial charge on any atom is -0.478 e. The third-order valence-corrected chi connectivity index (χ3v) is 7.24. The van der Waals surface area contributed by atoms with Crippen LogP contribution in [0.4, 0.5) is 8.78 Å². The Kier molecular flexibility index (Phi) is 6.10. The van der Waals surface area contributed by atoms with E-state index < -0.39 is 40.4 Å². The van der Waals surface area contributed by atoms with Gasteiger partial charge in [-0.2, -0.15) is 0 Å². The van der Waals surface area contributed by atoms with Crippen LogP contribution in [0.3, 0.4) is 0 Å². The van der Waals surface area contributed by atoms with Gasteiger partial charge < -0.3 is 19.8 Å². The maximum atomic E-state index is 15.3. The Morgan fingerprint density at radius 3 is 2.49 bits per heavy atom. The van der Waals surface area contributed by atoms with Crippen LogP contribution in [0.5, 0.6) is 0 Å². The number of carbonyl (C=O) groups excluding carboxylic acids is 1. The van der Waals surface area contributed by atoms with Crippen molar-refractivity contribution >= 4 is 22.6 Å². The third kappa shape index (κ3) is 3.98. The lowest BCUT2D eigenvalue weighted by atomic mass is 9.68. The number of nitrogens with two attached hydrogens (primary N) is 1. The van der Waals surface area contributed by atoms with Crippen molar-refractivity contribution < 1.29 is 27.9 Å². The topological polar surface area (TPSA) is 128 Å². The number of pyridine rings is 1. The molecule has 0 spiro atoms. The first kappa shape index (κ1) is 24.4. The van der Waals surface area contributed by atoms with Gasteiger partial charge in [-0.15, -0.1) is 0 Å². The lowest BCUT2D eigenvalue weighted by Gasteiger charge is -2.36. The molecule has 10 heteroatoms. The lowest BCUT2D eigenvalue weighted by Crippen LogP contribution is -2.29. The lowest BCUT2D eigenvalue weighted by molar-refractivity contribution is 0.0696. The molecule has 0 radical (unpaired) electrons. The monoisotopic (exact) mass is 507 g/mol. The number of hydrogen-bond donors (Lipinski definition) is 2. The van der Waals surface area contributed by atoms with E-state index in [1.807, 2.05) is 0 Å². The Labute approximate surface area is 209 Å². The summed E-state index contributed by atoms with van der Waals surface area (Å²) in [4.78, 5) is 42.4. The fraction of sp³-hybridized carbons (Fsp3) is 0.259. The highest BCUT2D eigenvalue weighted by Gasteiger charge is 2.36. The van der Waals surface area contributed by atoms with Gasteiger partial charge in [-0.05, 0) is 48.9 Å². The highest BCUT2D eigenvalue weighted by atomic mass is 19.1. The fourth-order valence-corrected chi connectivity index (χ4v) is 5.36. The summed E-state index contributed by atoms with van der Waals surface area (Å²) in [5.74, 6) is -4.66. The first-order valence-corrected chi connectivity index (χ1v) is 11.8. The van der Waals surface area contributed by atoms with Gasteiger partial charge in [-0.1, -0.05) is 24.6 Å². The minimum atomic E-state index is -1.36. The number of hydrogen-bond acceptors (Lipinski definition) is 5. The van der Waals surface area contributed by atoms with Gasteiger partial charge in [0.2, 0.25) is 5.89 Å². The fourth-order valence-electron chi connectivity index (χ4n) is 5.36. The summed E-state index contributed by atoms with van der Waals surface area (Å²) in [6, 6.07) is 6.66. The van der Waals surface area contributed by atoms with E-state index in [4.69, 9.17) is 10.2 Å². The van der Waals surface area contributed by atoms with E-state index in [1.54, 1.807) is 6.07 Å². The van der Waals surface area contributed by atoms with Crippen LogP contribution in [0.2, 0.25) is 0 Å². The first-order chi connectivity index (χ1) is 17.7. The predicted molar refractivity (Wildman–Crippen MR) is 130 cm³/mol. The SMILES string of the molecule is Cc1c(C(=O)O)c2c([C@@H](c3cccc(F)c3C(N)=O)C3CCC3)ccc(F)c2c(=O)n1Cc1ncco1.